The second-order valence-corrected chi connectivity index (χ2v) is 10.0. The van der Waals surface area contributed by atoms with E-state index >= 15 is 0 Å². The minimum Gasteiger partial charge on any atom is -0.377 e. The molecule has 4 rings (SSSR count). The van der Waals surface area contributed by atoms with Crippen LogP contribution in [0.4, 0.5) is 4.79 Å². The molecule has 3 aliphatic rings. The Hall–Kier alpha value is -1.88. The van der Waals surface area contributed by atoms with E-state index in [2.05, 4.69) is 38.1 Å². The van der Waals surface area contributed by atoms with Gasteiger partial charge in [0.05, 0.1) is 12.3 Å². The summed E-state index contributed by atoms with van der Waals surface area (Å²) in [7, 11) is 0. The molecule has 0 saturated heterocycles. The molecule has 2 bridgehead atoms. The van der Waals surface area contributed by atoms with Crippen LogP contribution in [0.25, 0.3) is 0 Å². The number of nitrogens with one attached hydrogen (secondary N) is 1. The third kappa shape index (κ3) is 3.09. The molecule has 4 atom stereocenters. The van der Waals surface area contributed by atoms with Gasteiger partial charge in [0, 0.05) is 6.04 Å². The topological polar surface area (TPSA) is 64.9 Å². The highest BCUT2D eigenvalue weighted by atomic mass is 16.3. The van der Waals surface area contributed by atoms with Gasteiger partial charge >= 0.3 is 6.03 Å². The Balaban J connectivity index is 1.53. The lowest BCUT2D eigenvalue weighted by Gasteiger charge is -2.39. The van der Waals surface area contributed by atoms with E-state index in [1.807, 2.05) is 30.3 Å². The number of hydrogen-bond donors (Lipinski definition) is 2. The van der Waals surface area contributed by atoms with E-state index in [1.54, 1.807) is 0 Å². The van der Waals surface area contributed by atoms with Gasteiger partial charge in [0.2, 0.25) is 0 Å². The fraction of sp³-hybridized carbons (Fsp3) is 0.667. The van der Waals surface area contributed by atoms with E-state index < -0.39 is 5.60 Å². The van der Waals surface area contributed by atoms with Gasteiger partial charge in [0.25, 0.3) is 0 Å². The number of aliphatic hydroxyl groups is 1. The number of unbranched alkanes of at least 4 members (excludes halogenated alkanes) is 1. The number of carbonyl (C=O) groups excluding carboxylic acids is 1. The van der Waals surface area contributed by atoms with E-state index in [0.29, 0.717) is 18.1 Å². The molecule has 1 aromatic carbocycles. The van der Waals surface area contributed by atoms with Crippen molar-refractivity contribution >= 4 is 11.7 Å². The number of carbonyl (C=O) groups is 1. The van der Waals surface area contributed by atoms with Crippen molar-refractivity contribution in [3.63, 3.8) is 0 Å². The average Bonchev–Trinajstić information content (AvgIpc) is 3.23. The van der Waals surface area contributed by atoms with Crippen LogP contribution in [0.3, 0.4) is 0 Å². The first-order chi connectivity index (χ1) is 13.7. The third-order valence-corrected chi connectivity index (χ3v) is 8.44. The molecule has 1 unspecified atom stereocenters. The maximum atomic E-state index is 13.2. The predicted octanol–water partition coefficient (Wildman–Crippen LogP) is 4.66. The number of β-amino-alcohol motifs (C(OH)–C–C–N with tert-alkyl or cyclic N) is 1. The molecular weight excluding hydrogens is 362 g/mol. The highest BCUT2D eigenvalue weighted by Crippen LogP contribution is 2.65. The van der Waals surface area contributed by atoms with E-state index in [0.717, 1.165) is 31.2 Å². The number of amides is 2. The second kappa shape index (κ2) is 7.12. The van der Waals surface area contributed by atoms with Crippen molar-refractivity contribution in [2.45, 2.75) is 77.9 Å². The van der Waals surface area contributed by atoms with Gasteiger partial charge in [-0.15, -0.1) is 0 Å². The molecule has 2 saturated carbocycles. The molecule has 2 fully saturated rings. The van der Waals surface area contributed by atoms with Crippen LogP contribution in [0.2, 0.25) is 0 Å². The van der Waals surface area contributed by atoms with Crippen LogP contribution in [0.15, 0.2) is 35.4 Å². The Morgan fingerprint density at radius 2 is 2.00 bits per heavy atom. The minimum atomic E-state index is -1.20. The Kier molecular flexibility index (Phi) is 5.01. The molecule has 0 aromatic heterocycles. The molecule has 158 valence electrons. The number of fused-ring (bicyclic) bond motifs is 2. The van der Waals surface area contributed by atoms with E-state index in [1.165, 1.54) is 11.4 Å². The largest absolute Gasteiger partial charge is 0.377 e. The van der Waals surface area contributed by atoms with E-state index in [-0.39, 0.29) is 29.4 Å². The first-order valence-corrected chi connectivity index (χ1v) is 11.2. The monoisotopic (exact) mass is 397 g/mol. The smallest absolute Gasteiger partial charge is 0.338 e. The van der Waals surface area contributed by atoms with Crippen molar-refractivity contribution in [2.24, 2.45) is 21.8 Å². The summed E-state index contributed by atoms with van der Waals surface area (Å²) in [6.45, 7) is 9.33. The molecule has 2 aliphatic carbocycles. The van der Waals surface area contributed by atoms with Crippen molar-refractivity contribution < 1.29 is 9.90 Å². The summed E-state index contributed by atoms with van der Waals surface area (Å²) in [6.07, 6.45) is 6.12. The van der Waals surface area contributed by atoms with Gasteiger partial charge in [-0.3, -0.25) is 0 Å². The molecule has 2 N–H and O–H groups in total. The Bertz CT molecular complexity index is 806. The van der Waals surface area contributed by atoms with Crippen molar-refractivity contribution in [1.82, 2.24) is 10.3 Å². The van der Waals surface area contributed by atoms with Gasteiger partial charge in [0.1, 0.15) is 5.60 Å². The average molecular weight is 398 g/mol. The zero-order valence-electron chi connectivity index (χ0n) is 18.2. The van der Waals surface area contributed by atoms with Gasteiger partial charge in [-0.1, -0.05) is 64.4 Å². The van der Waals surface area contributed by atoms with Crippen LogP contribution in [-0.2, 0) is 5.60 Å². The number of benzene rings is 1. The lowest BCUT2D eigenvalue weighted by molar-refractivity contribution is 0.0856. The maximum absolute atomic E-state index is 13.2. The highest BCUT2D eigenvalue weighted by Gasteiger charge is 2.62. The quantitative estimate of drug-likeness (QED) is 0.759. The van der Waals surface area contributed by atoms with Gasteiger partial charge in [0.15, 0.2) is 0 Å². The van der Waals surface area contributed by atoms with Crippen molar-refractivity contribution in [3.8, 4) is 0 Å². The number of nitrogens with zero attached hydrogens (tertiary/aromatic N) is 2. The fourth-order valence-corrected chi connectivity index (χ4v) is 5.91. The Labute approximate surface area is 174 Å². The zero-order valence-corrected chi connectivity index (χ0v) is 18.2. The summed E-state index contributed by atoms with van der Waals surface area (Å²) >= 11 is 0. The zero-order chi connectivity index (χ0) is 20.9. The van der Waals surface area contributed by atoms with Crippen LogP contribution >= 0.6 is 0 Å². The van der Waals surface area contributed by atoms with Crippen LogP contribution in [0.1, 0.15) is 71.8 Å². The Morgan fingerprint density at radius 1 is 1.28 bits per heavy atom. The number of urea groups is 1. The normalized spacial score (nSPS) is 35.1. The molecule has 0 spiro atoms. The molecule has 1 aliphatic heterocycles. The first-order valence-electron chi connectivity index (χ1n) is 11.2. The number of rotatable bonds is 5. The van der Waals surface area contributed by atoms with Gasteiger partial charge < -0.3 is 10.4 Å². The first kappa shape index (κ1) is 20.4. The molecule has 5 heteroatoms. The van der Waals surface area contributed by atoms with Crippen LogP contribution in [-0.4, -0.2) is 34.4 Å². The molecule has 2 amide bonds. The van der Waals surface area contributed by atoms with Crippen molar-refractivity contribution in [2.75, 3.05) is 6.54 Å². The lowest BCUT2D eigenvalue weighted by Crippen LogP contribution is -2.51. The predicted molar refractivity (Wildman–Crippen MR) is 116 cm³/mol. The summed E-state index contributed by atoms with van der Waals surface area (Å²) in [5, 5.41) is 20.9. The lowest BCUT2D eigenvalue weighted by atomic mass is 9.69. The van der Waals surface area contributed by atoms with Gasteiger partial charge in [-0.25, -0.2) is 9.80 Å². The summed E-state index contributed by atoms with van der Waals surface area (Å²) in [6, 6.07) is 9.61. The molecule has 1 aromatic rings. The van der Waals surface area contributed by atoms with Crippen molar-refractivity contribution in [1.29, 1.82) is 0 Å². The second-order valence-electron chi connectivity index (χ2n) is 10.0. The summed E-state index contributed by atoms with van der Waals surface area (Å²) < 4.78 is 0. The van der Waals surface area contributed by atoms with E-state index in [9.17, 15) is 9.90 Å². The SMILES string of the molecule is CCCCC1=NN(C(=O)N[C@H]2C[C@@H]3CC[C@]2(C)C3(C)C)CC1(O)c1ccccc1. The van der Waals surface area contributed by atoms with Gasteiger partial charge in [-0.05, 0) is 54.4 Å². The van der Waals surface area contributed by atoms with Crippen LogP contribution in [0.5, 0.6) is 0 Å². The molecule has 0 radical (unpaired) electrons. The fourth-order valence-electron chi connectivity index (χ4n) is 5.91. The summed E-state index contributed by atoms with van der Waals surface area (Å²) in [4.78, 5) is 13.2. The van der Waals surface area contributed by atoms with E-state index in [4.69, 9.17) is 0 Å². The Morgan fingerprint density at radius 3 is 2.59 bits per heavy atom. The minimum absolute atomic E-state index is 0.123. The van der Waals surface area contributed by atoms with Gasteiger partial charge in [-0.2, -0.15) is 5.10 Å². The van der Waals surface area contributed by atoms with Crippen LogP contribution < -0.4 is 5.32 Å². The molecule has 1 heterocycles. The maximum Gasteiger partial charge on any atom is 0.338 e. The van der Waals surface area contributed by atoms with Crippen LogP contribution in [0, 0.1) is 16.7 Å². The third-order valence-electron chi connectivity index (χ3n) is 8.44. The molecule has 29 heavy (non-hydrogen) atoms. The number of hydrazone groups is 1. The highest BCUT2D eigenvalue weighted by molar-refractivity contribution is 5.96. The summed E-state index contributed by atoms with van der Waals surface area (Å²) in [5.74, 6) is 0.668. The summed E-state index contributed by atoms with van der Waals surface area (Å²) in [5.41, 5.74) is 0.665. The van der Waals surface area contributed by atoms with Crippen molar-refractivity contribution in [3.05, 3.63) is 35.9 Å². The molecular formula is C24H35N3O2. The standard InChI is InChI=1S/C24H35N3O2/c1-5-6-12-19-24(29,17-10-8-7-9-11-17)16-27(26-19)21(28)25-20-15-18-13-14-23(20,4)22(18,2)3/h7-11,18,20,29H,5-6,12-16H2,1-4H3,(H,25,28)/t18-,20-,23-,24?/m0/s1. The number of hydrogen-bond acceptors (Lipinski definition) is 3. The molecule has 5 nitrogen and oxygen atoms in total.